The van der Waals surface area contributed by atoms with E-state index in [1.807, 2.05) is 12.3 Å². The lowest BCUT2D eigenvalue weighted by atomic mass is 9.88. The monoisotopic (exact) mass is 313 g/mol. The van der Waals surface area contributed by atoms with E-state index in [1.54, 1.807) is 0 Å². The number of para-hydroxylation sites is 1. The van der Waals surface area contributed by atoms with Gasteiger partial charge in [-0.2, -0.15) is 5.10 Å². The van der Waals surface area contributed by atoms with Gasteiger partial charge in [0.1, 0.15) is 0 Å². The Bertz CT molecular complexity index is 550. The van der Waals surface area contributed by atoms with Crippen LogP contribution in [0.15, 0.2) is 36.5 Å². The Morgan fingerprint density at radius 3 is 2.55 bits per heavy atom. The van der Waals surface area contributed by atoms with Gasteiger partial charge in [-0.1, -0.05) is 32.0 Å². The molecule has 3 rings (SSSR count). The Hall–Kier alpha value is -1.03. The lowest BCUT2D eigenvalue weighted by molar-refractivity contribution is 0.343. The third-order valence-electron chi connectivity index (χ3n) is 3.52. The molecule has 1 aliphatic rings. The van der Waals surface area contributed by atoms with Gasteiger partial charge in [0, 0.05) is 24.3 Å². The summed E-state index contributed by atoms with van der Waals surface area (Å²) in [6, 6.07) is 10.4. The van der Waals surface area contributed by atoms with Gasteiger partial charge >= 0.3 is 0 Å². The van der Waals surface area contributed by atoms with Gasteiger partial charge in [0.15, 0.2) is 0 Å². The summed E-state index contributed by atoms with van der Waals surface area (Å²) in [6.07, 6.45) is 3.06. The number of halogens is 2. The van der Waals surface area contributed by atoms with Crippen LogP contribution >= 0.6 is 24.8 Å². The van der Waals surface area contributed by atoms with Crippen LogP contribution in [-0.4, -0.2) is 16.3 Å². The summed E-state index contributed by atoms with van der Waals surface area (Å²) in [5.74, 6) is 0. The predicted molar refractivity (Wildman–Crippen MR) is 87.3 cm³/mol. The molecular weight excluding hydrogens is 293 g/mol. The van der Waals surface area contributed by atoms with Crippen molar-refractivity contribution in [2.75, 3.05) is 6.54 Å². The minimum absolute atomic E-state index is 0. The Balaban J connectivity index is 0.000001000. The Kier molecular flexibility index (Phi) is 5.63. The maximum Gasteiger partial charge on any atom is 0.0648 e. The second-order valence-electron chi connectivity index (χ2n) is 5.81. The lowest BCUT2D eigenvalue weighted by Gasteiger charge is -2.22. The van der Waals surface area contributed by atoms with Gasteiger partial charge in [0.05, 0.1) is 11.9 Å². The Morgan fingerprint density at radius 2 is 1.85 bits per heavy atom. The van der Waals surface area contributed by atoms with Crippen LogP contribution in [0.3, 0.4) is 0 Å². The van der Waals surface area contributed by atoms with Crippen LogP contribution in [0.25, 0.3) is 5.69 Å². The summed E-state index contributed by atoms with van der Waals surface area (Å²) in [5.41, 5.74) is 4.09. The average Bonchev–Trinajstić information content (AvgIpc) is 2.66. The highest BCUT2D eigenvalue weighted by Crippen LogP contribution is 2.27. The normalized spacial score (nSPS) is 16.3. The Labute approximate surface area is 132 Å². The van der Waals surface area contributed by atoms with Gasteiger partial charge in [-0.15, -0.1) is 24.8 Å². The zero-order chi connectivity index (χ0) is 12.6. The van der Waals surface area contributed by atoms with Crippen molar-refractivity contribution in [2.45, 2.75) is 26.8 Å². The second kappa shape index (κ2) is 6.61. The van der Waals surface area contributed by atoms with Gasteiger partial charge in [0.2, 0.25) is 0 Å². The van der Waals surface area contributed by atoms with Gasteiger partial charge < -0.3 is 5.32 Å². The minimum atomic E-state index is 0. The highest BCUT2D eigenvalue weighted by atomic mass is 35.5. The smallest absolute Gasteiger partial charge is 0.0648 e. The van der Waals surface area contributed by atoms with Crippen molar-refractivity contribution in [1.29, 1.82) is 0 Å². The molecule has 0 radical (unpaired) electrons. The van der Waals surface area contributed by atoms with Crippen LogP contribution in [0.1, 0.15) is 25.1 Å². The molecular formula is C15H21Cl2N3. The molecule has 0 spiro atoms. The van der Waals surface area contributed by atoms with E-state index < -0.39 is 0 Å². The first kappa shape index (κ1) is 17.0. The first-order valence-electron chi connectivity index (χ1n) is 6.48. The largest absolute Gasteiger partial charge is 0.312 e. The molecule has 20 heavy (non-hydrogen) atoms. The molecule has 0 amide bonds. The van der Waals surface area contributed by atoms with Crippen LogP contribution in [-0.2, 0) is 13.0 Å². The van der Waals surface area contributed by atoms with Gasteiger partial charge in [-0.3, -0.25) is 0 Å². The fourth-order valence-electron chi connectivity index (χ4n) is 2.59. The van der Waals surface area contributed by atoms with Gasteiger partial charge in [-0.25, -0.2) is 4.68 Å². The zero-order valence-corrected chi connectivity index (χ0v) is 13.4. The highest BCUT2D eigenvalue weighted by Gasteiger charge is 2.26. The van der Waals surface area contributed by atoms with Crippen molar-refractivity contribution in [3.8, 4) is 5.69 Å². The number of nitrogens with one attached hydrogen (secondary N) is 1. The van der Waals surface area contributed by atoms with Crippen molar-refractivity contribution in [2.24, 2.45) is 5.41 Å². The third-order valence-corrected chi connectivity index (χ3v) is 3.52. The van der Waals surface area contributed by atoms with Crippen LogP contribution in [0, 0.1) is 5.41 Å². The molecule has 2 aromatic rings. The van der Waals surface area contributed by atoms with Crippen LogP contribution in [0.4, 0.5) is 0 Å². The van der Waals surface area contributed by atoms with Crippen LogP contribution < -0.4 is 5.32 Å². The van der Waals surface area contributed by atoms with Crippen molar-refractivity contribution < 1.29 is 0 Å². The van der Waals surface area contributed by atoms with Crippen molar-refractivity contribution in [3.63, 3.8) is 0 Å². The first-order valence-corrected chi connectivity index (χ1v) is 6.48. The Morgan fingerprint density at radius 1 is 1.15 bits per heavy atom. The number of rotatable bonds is 1. The van der Waals surface area contributed by atoms with E-state index in [4.69, 9.17) is 0 Å². The summed E-state index contributed by atoms with van der Waals surface area (Å²) in [5, 5.41) is 8.06. The molecule has 1 aromatic carbocycles. The summed E-state index contributed by atoms with van der Waals surface area (Å²) in [4.78, 5) is 0. The number of nitrogens with zero attached hydrogens (tertiary/aromatic N) is 2. The van der Waals surface area contributed by atoms with E-state index in [9.17, 15) is 0 Å². The quantitative estimate of drug-likeness (QED) is 0.874. The number of hydrogen-bond donors (Lipinski definition) is 1. The number of fused-ring (bicyclic) bond motifs is 1. The topological polar surface area (TPSA) is 29.9 Å². The summed E-state index contributed by atoms with van der Waals surface area (Å²) in [7, 11) is 0. The summed E-state index contributed by atoms with van der Waals surface area (Å²) >= 11 is 0. The van der Waals surface area contributed by atoms with E-state index in [-0.39, 0.29) is 30.2 Å². The van der Waals surface area contributed by atoms with Gasteiger partial charge in [-0.05, 0) is 24.0 Å². The fourth-order valence-corrected chi connectivity index (χ4v) is 2.59. The number of aromatic nitrogens is 2. The lowest BCUT2D eigenvalue weighted by Crippen LogP contribution is -2.28. The molecule has 0 atom stereocenters. The van der Waals surface area contributed by atoms with Gasteiger partial charge in [0.25, 0.3) is 0 Å². The average molecular weight is 314 g/mol. The SMILES string of the molecule is CC1(C)CNCc2cnn(-c3ccccc3)c2C1.Cl.Cl. The molecule has 3 nitrogen and oxygen atoms in total. The first-order chi connectivity index (χ1) is 8.66. The van der Waals surface area contributed by atoms with Crippen LogP contribution in [0.2, 0.25) is 0 Å². The molecule has 1 aromatic heterocycles. The summed E-state index contributed by atoms with van der Waals surface area (Å²) < 4.78 is 2.09. The van der Waals surface area contributed by atoms with E-state index in [0.717, 1.165) is 25.2 Å². The van der Waals surface area contributed by atoms with Crippen molar-refractivity contribution in [1.82, 2.24) is 15.1 Å². The number of hydrogen-bond acceptors (Lipinski definition) is 2. The summed E-state index contributed by atoms with van der Waals surface area (Å²) in [6.45, 7) is 6.58. The van der Waals surface area contributed by atoms with E-state index in [2.05, 4.69) is 53.2 Å². The molecule has 5 heteroatoms. The fraction of sp³-hybridized carbons (Fsp3) is 0.400. The van der Waals surface area contributed by atoms with E-state index in [1.165, 1.54) is 11.3 Å². The van der Waals surface area contributed by atoms with Crippen molar-refractivity contribution in [3.05, 3.63) is 47.8 Å². The standard InChI is InChI=1S/C15H19N3.2ClH/c1-15(2)8-14-12(9-16-11-15)10-17-18(14)13-6-4-3-5-7-13;;/h3-7,10,16H,8-9,11H2,1-2H3;2*1H. The maximum atomic E-state index is 4.55. The van der Waals surface area contributed by atoms with E-state index >= 15 is 0 Å². The number of benzene rings is 1. The van der Waals surface area contributed by atoms with E-state index in [0.29, 0.717) is 0 Å². The molecule has 0 fully saturated rings. The van der Waals surface area contributed by atoms with Crippen LogP contribution in [0.5, 0.6) is 0 Å². The molecule has 0 saturated carbocycles. The maximum absolute atomic E-state index is 4.55. The predicted octanol–water partition coefficient (Wildman–Crippen LogP) is 3.39. The van der Waals surface area contributed by atoms with Crippen molar-refractivity contribution >= 4 is 24.8 Å². The molecule has 110 valence electrons. The molecule has 0 bridgehead atoms. The zero-order valence-electron chi connectivity index (χ0n) is 11.8. The molecule has 0 aliphatic carbocycles. The molecule has 0 saturated heterocycles. The molecule has 1 N–H and O–H groups in total. The molecule has 2 heterocycles. The molecule has 1 aliphatic heterocycles. The third kappa shape index (κ3) is 3.35. The minimum Gasteiger partial charge on any atom is -0.312 e. The molecule has 0 unspecified atom stereocenters. The highest BCUT2D eigenvalue weighted by molar-refractivity contribution is 5.85. The second-order valence-corrected chi connectivity index (χ2v) is 5.81.